The molecular formula is C21H22N2O5. The van der Waals surface area contributed by atoms with E-state index in [-0.39, 0.29) is 42.0 Å². The number of hydrogen-bond acceptors (Lipinski definition) is 6. The first-order valence-corrected chi connectivity index (χ1v) is 10.00. The number of likely N-dealkylation sites (N-methyl/N-ethyl adjacent to an activating group) is 1. The summed E-state index contributed by atoms with van der Waals surface area (Å²) in [7, 11) is 1.97. The zero-order valence-electron chi connectivity index (χ0n) is 15.5. The van der Waals surface area contributed by atoms with Crippen molar-refractivity contribution in [3.05, 3.63) is 35.4 Å². The highest BCUT2D eigenvalue weighted by Crippen LogP contribution is 2.52. The molecule has 1 aromatic rings. The standard InChI is InChI=1S/C21H22N2O5/c1-22-14-7-12(21(26)27)17(22)13-6-11-16(15-8-28-20(14)23(13)15)19(25)10-5-3-2-4-9(10)18(11)24/h2-5,11-17,20H,6-8H2,1H3,(H,26,27). The average Bonchev–Trinajstić information content (AvgIpc) is 3.22. The summed E-state index contributed by atoms with van der Waals surface area (Å²) in [6, 6.07) is 6.73. The lowest BCUT2D eigenvalue weighted by Crippen LogP contribution is -2.69. The summed E-state index contributed by atoms with van der Waals surface area (Å²) in [6.07, 6.45) is 0.880. The number of piperazine rings is 1. The molecule has 4 saturated heterocycles. The van der Waals surface area contributed by atoms with Crippen LogP contribution in [0.2, 0.25) is 0 Å². The van der Waals surface area contributed by atoms with Crippen LogP contribution in [0.3, 0.4) is 0 Å². The summed E-state index contributed by atoms with van der Waals surface area (Å²) in [5.41, 5.74) is 1.04. The fourth-order valence-electron chi connectivity index (χ4n) is 6.80. The lowest BCUT2D eigenvalue weighted by atomic mass is 9.64. The number of piperidine rings is 1. The zero-order valence-corrected chi connectivity index (χ0v) is 15.5. The third kappa shape index (κ3) is 1.87. The van der Waals surface area contributed by atoms with Gasteiger partial charge in [-0.05, 0) is 19.9 Å². The van der Waals surface area contributed by atoms with Gasteiger partial charge < -0.3 is 9.84 Å². The Balaban J connectivity index is 1.47. The van der Waals surface area contributed by atoms with Crippen molar-refractivity contribution < 1.29 is 24.2 Å². The SMILES string of the molecule is CN1C2CC(C(=O)O)C1C1CC3C(=O)c4ccccc4C(=O)C3C3COC2N31. The number of ketones is 2. The first kappa shape index (κ1) is 16.8. The molecule has 1 N–H and O–H groups in total. The van der Waals surface area contributed by atoms with E-state index in [1.165, 1.54) is 0 Å². The van der Waals surface area contributed by atoms with Crippen molar-refractivity contribution in [2.75, 3.05) is 13.7 Å². The Morgan fingerprint density at radius 2 is 1.79 bits per heavy atom. The van der Waals surface area contributed by atoms with Gasteiger partial charge in [-0.2, -0.15) is 0 Å². The van der Waals surface area contributed by atoms with E-state index in [0.717, 1.165) is 0 Å². The van der Waals surface area contributed by atoms with Crippen LogP contribution < -0.4 is 0 Å². The average molecular weight is 382 g/mol. The number of hydrogen-bond donors (Lipinski definition) is 1. The van der Waals surface area contributed by atoms with Crippen molar-refractivity contribution in [3.8, 4) is 0 Å². The molecule has 5 aliphatic rings. The molecule has 2 bridgehead atoms. The van der Waals surface area contributed by atoms with Crippen LogP contribution in [0.1, 0.15) is 33.6 Å². The summed E-state index contributed by atoms with van der Waals surface area (Å²) in [5, 5.41) is 9.79. The number of carboxylic acids is 1. The molecule has 8 atom stereocenters. The van der Waals surface area contributed by atoms with E-state index < -0.39 is 23.7 Å². The molecule has 28 heavy (non-hydrogen) atoms. The molecule has 6 rings (SSSR count). The third-order valence-electron chi connectivity index (χ3n) is 7.88. The van der Waals surface area contributed by atoms with Crippen molar-refractivity contribution in [1.29, 1.82) is 0 Å². The fraction of sp³-hybridized carbons (Fsp3) is 0.571. The highest BCUT2D eigenvalue weighted by atomic mass is 16.5. The Labute approximate surface area is 162 Å². The number of Topliss-reactive ketones (excluding diaryl/α,β-unsaturated/α-hetero) is 2. The lowest BCUT2D eigenvalue weighted by molar-refractivity contribution is -0.146. The number of nitrogens with zero attached hydrogens (tertiary/aromatic N) is 2. The second-order valence-electron chi connectivity index (χ2n) is 8.85. The van der Waals surface area contributed by atoms with E-state index in [0.29, 0.717) is 30.6 Å². The van der Waals surface area contributed by atoms with Gasteiger partial charge in [-0.15, -0.1) is 0 Å². The number of ether oxygens (including phenoxy) is 1. The molecule has 4 heterocycles. The van der Waals surface area contributed by atoms with Crippen molar-refractivity contribution in [1.82, 2.24) is 9.80 Å². The van der Waals surface area contributed by atoms with E-state index in [1.807, 2.05) is 7.05 Å². The van der Waals surface area contributed by atoms with E-state index >= 15 is 0 Å². The Kier molecular flexibility index (Phi) is 3.30. The second-order valence-corrected chi connectivity index (χ2v) is 8.85. The fourth-order valence-corrected chi connectivity index (χ4v) is 6.80. The van der Waals surface area contributed by atoms with E-state index in [4.69, 9.17) is 4.74 Å². The molecule has 4 aliphatic heterocycles. The van der Waals surface area contributed by atoms with Crippen LogP contribution >= 0.6 is 0 Å². The molecule has 1 aliphatic carbocycles. The van der Waals surface area contributed by atoms with Crippen LogP contribution in [0.5, 0.6) is 0 Å². The molecule has 7 heteroatoms. The molecule has 0 spiro atoms. The zero-order chi connectivity index (χ0) is 19.3. The monoisotopic (exact) mass is 382 g/mol. The molecule has 0 radical (unpaired) electrons. The summed E-state index contributed by atoms with van der Waals surface area (Å²) < 4.78 is 6.15. The predicted octanol–water partition coefficient (Wildman–Crippen LogP) is 0.884. The molecule has 1 aromatic carbocycles. The summed E-state index contributed by atoms with van der Waals surface area (Å²) >= 11 is 0. The minimum Gasteiger partial charge on any atom is -0.481 e. The third-order valence-corrected chi connectivity index (χ3v) is 7.88. The number of carbonyl (C=O) groups is 3. The molecule has 0 saturated carbocycles. The second kappa shape index (κ2) is 5.49. The largest absolute Gasteiger partial charge is 0.481 e. The summed E-state index contributed by atoms with van der Waals surface area (Å²) in [5.74, 6) is -1.97. The predicted molar refractivity (Wildman–Crippen MR) is 96.9 cm³/mol. The lowest BCUT2D eigenvalue weighted by Gasteiger charge is -2.55. The van der Waals surface area contributed by atoms with Gasteiger partial charge in [0.05, 0.1) is 24.5 Å². The van der Waals surface area contributed by atoms with Crippen LogP contribution in [0.15, 0.2) is 24.3 Å². The van der Waals surface area contributed by atoms with Gasteiger partial charge in [0.15, 0.2) is 11.6 Å². The van der Waals surface area contributed by atoms with Crippen LogP contribution in [-0.2, 0) is 9.53 Å². The van der Waals surface area contributed by atoms with Crippen molar-refractivity contribution >= 4 is 17.5 Å². The van der Waals surface area contributed by atoms with Gasteiger partial charge in [0, 0.05) is 35.2 Å². The molecule has 7 nitrogen and oxygen atoms in total. The number of aliphatic carboxylic acids is 1. The van der Waals surface area contributed by atoms with Gasteiger partial charge in [0.25, 0.3) is 0 Å². The quantitative estimate of drug-likeness (QED) is 0.772. The molecule has 146 valence electrons. The normalized spacial score (nSPS) is 44.2. The van der Waals surface area contributed by atoms with E-state index in [9.17, 15) is 19.5 Å². The van der Waals surface area contributed by atoms with Crippen LogP contribution in [0.25, 0.3) is 0 Å². The highest BCUT2D eigenvalue weighted by molar-refractivity contribution is 6.16. The van der Waals surface area contributed by atoms with Gasteiger partial charge >= 0.3 is 5.97 Å². The van der Waals surface area contributed by atoms with Gasteiger partial charge in [-0.25, -0.2) is 0 Å². The van der Waals surface area contributed by atoms with Crippen molar-refractivity contribution in [2.45, 2.75) is 43.2 Å². The Bertz CT molecular complexity index is 916. The maximum atomic E-state index is 13.3. The van der Waals surface area contributed by atoms with Gasteiger partial charge in [-0.3, -0.25) is 24.2 Å². The Morgan fingerprint density at radius 1 is 1.07 bits per heavy atom. The number of rotatable bonds is 1. The van der Waals surface area contributed by atoms with E-state index in [2.05, 4.69) is 9.80 Å². The molecule has 0 amide bonds. The smallest absolute Gasteiger partial charge is 0.308 e. The summed E-state index contributed by atoms with van der Waals surface area (Å²) in [4.78, 5) is 43.0. The van der Waals surface area contributed by atoms with Crippen LogP contribution in [0.4, 0.5) is 0 Å². The Morgan fingerprint density at radius 3 is 2.50 bits per heavy atom. The van der Waals surface area contributed by atoms with Gasteiger partial charge in [-0.1, -0.05) is 24.3 Å². The molecule has 4 fully saturated rings. The first-order valence-electron chi connectivity index (χ1n) is 10.00. The number of fused-ring (bicyclic) bond motifs is 7. The molecule has 0 aromatic heterocycles. The number of benzene rings is 1. The molecule has 8 unspecified atom stereocenters. The number of carbonyl (C=O) groups excluding carboxylic acids is 2. The highest BCUT2D eigenvalue weighted by Gasteiger charge is 2.66. The first-order chi connectivity index (χ1) is 13.5. The Hall–Kier alpha value is -2.09. The van der Waals surface area contributed by atoms with Crippen molar-refractivity contribution in [3.63, 3.8) is 0 Å². The van der Waals surface area contributed by atoms with Gasteiger partial charge in [0.2, 0.25) is 0 Å². The maximum Gasteiger partial charge on any atom is 0.308 e. The number of carboxylic acid groups (broad SMARTS) is 1. The molecular weight excluding hydrogens is 360 g/mol. The minimum absolute atomic E-state index is 0.0191. The van der Waals surface area contributed by atoms with Crippen LogP contribution in [-0.4, -0.2) is 76.5 Å². The minimum atomic E-state index is -0.782. The van der Waals surface area contributed by atoms with Crippen LogP contribution in [0, 0.1) is 17.8 Å². The van der Waals surface area contributed by atoms with E-state index in [1.54, 1.807) is 24.3 Å². The van der Waals surface area contributed by atoms with Crippen molar-refractivity contribution in [2.24, 2.45) is 17.8 Å². The summed E-state index contributed by atoms with van der Waals surface area (Å²) in [6.45, 7) is 0.429. The van der Waals surface area contributed by atoms with Gasteiger partial charge in [0.1, 0.15) is 6.23 Å². The topological polar surface area (TPSA) is 87.2 Å². The maximum absolute atomic E-state index is 13.3.